The number of carbonyl (C=O) groups is 2. The molecule has 0 aliphatic carbocycles. The van der Waals surface area contributed by atoms with Crippen LogP contribution >= 0.6 is 0 Å². The minimum atomic E-state index is -0.322. The Morgan fingerprint density at radius 1 is 1.12 bits per heavy atom. The van der Waals surface area contributed by atoms with Crippen LogP contribution in [0.3, 0.4) is 0 Å². The van der Waals surface area contributed by atoms with Gasteiger partial charge in [0.15, 0.2) is 0 Å². The maximum Gasteiger partial charge on any atom is 0.259 e. The third-order valence-electron chi connectivity index (χ3n) is 7.02. The first-order valence-corrected chi connectivity index (χ1v) is 11.8. The Bertz CT molecular complexity index is 965. The van der Waals surface area contributed by atoms with E-state index in [1.165, 1.54) is 6.07 Å². The van der Waals surface area contributed by atoms with E-state index in [-0.39, 0.29) is 30.1 Å². The highest BCUT2D eigenvalue weighted by Crippen LogP contribution is 2.32. The van der Waals surface area contributed by atoms with E-state index in [4.69, 9.17) is 4.52 Å². The number of hydrogen-bond acceptors (Lipinski definition) is 4. The second kappa shape index (κ2) is 9.84. The maximum absolute atomic E-state index is 14.1. The molecule has 4 rings (SSSR count). The summed E-state index contributed by atoms with van der Waals surface area (Å²) in [6.45, 7) is 5.83. The third kappa shape index (κ3) is 4.57. The molecule has 172 valence electrons. The Balaban J connectivity index is 1.40. The van der Waals surface area contributed by atoms with E-state index in [9.17, 15) is 14.0 Å². The van der Waals surface area contributed by atoms with Crippen LogP contribution in [0.15, 0.2) is 28.8 Å². The molecule has 0 saturated carbocycles. The summed E-state index contributed by atoms with van der Waals surface area (Å²) < 4.78 is 19.3. The number of benzene rings is 1. The highest BCUT2D eigenvalue weighted by atomic mass is 19.1. The van der Waals surface area contributed by atoms with Crippen molar-refractivity contribution in [2.45, 2.75) is 64.8 Å². The van der Waals surface area contributed by atoms with Crippen molar-refractivity contribution in [3.8, 4) is 0 Å². The first-order valence-electron chi connectivity index (χ1n) is 11.8. The molecule has 2 aromatic rings. The van der Waals surface area contributed by atoms with Crippen molar-refractivity contribution in [2.75, 3.05) is 19.6 Å². The normalized spacial score (nSPS) is 19.9. The van der Waals surface area contributed by atoms with Crippen LogP contribution in [0.2, 0.25) is 0 Å². The molecule has 1 aromatic carbocycles. The van der Waals surface area contributed by atoms with Crippen LogP contribution in [0.1, 0.15) is 66.4 Å². The standard InChI is InChI=1S/C25H32FN3O3/c1-3-21-24(17(2)32-27-21)25(31)28-14-11-18(12-15-28)22-10-6-7-13-29(22)23(30)16-19-8-4-5-9-20(19)26/h4-5,8-9,18,22H,3,6-7,10-16H2,1-2H3/t22-/m0/s1. The van der Waals surface area contributed by atoms with E-state index >= 15 is 0 Å². The fourth-order valence-electron chi connectivity index (χ4n) is 5.24. The lowest BCUT2D eigenvalue weighted by molar-refractivity contribution is -0.136. The van der Waals surface area contributed by atoms with Gasteiger partial charge in [0.25, 0.3) is 5.91 Å². The van der Waals surface area contributed by atoms with Crippen LogP contribution < -0.4 is 0 Å². The monoisotopic (exact) mass is 441 g/mol. The second-order valence-electron chi connectivity index (χ2n) is 8.96. The predicted molar refractivity (Wildman–Crippen MR) is 119 cm³/mol. The van der Waals surface area contributed by atoms with E-state index in [1.54, 1.807) is 25.1 Å². The van der Waals surface area contributed by atoms with Crippen LogP contribution in [-0.2, 0) is 17.6 Å². The molecule has 0 radical (unpaired) electrons. The molecule has 2 amide bonds. The molecule has 1 atom stereocenters. The molecular weight excluding hydrogens is 409 g/mol. The molecule has 0 bridgehead atoms. The van der Waals surface area contributed by atoms with Crippen molar-refractivity contribution in [2.24, 2.45) is 5.92 Å². The van der Waals surface area contributed by atoms with Gasteiger partial charge in [0.05, 0.1) is 12.1 Å². The molecule has 32 heavy (non-hydrogen) atoms. The van der Waals surface area contributed by atoms with Gasteiger partial charge in [0.1, 0.15) is 17.1 Å². The molecule has 7 heteroatoms. The molecule has 2 saturated heterocycles. The van der Waals surface area contributed by atoms with Gasteiger partial charge in [-0.05, 0) is 63.0 Å². The van der Waals surface area contributed by atoms with Crippen molar-refractivity contribution < 1.29 is 18.5 Å². The summed E-state index contributed by atoms with van der Waals surface area (Å²) in [5.74, 6) is 0.613. The van der Waals surface area contributed by atoms with Gasteiger partial charge in [-0.3, -0.25) is 9.59 Å². The van der Waals surface area contributed by atoms with Crippen LogP contribution in [-0.4, -0.2) is 52.4 Å². The van der Waals surface area contributed by atoms with Gasteiger partial charge >= 0.3 is 0 Å². The van der Waals surface area contributed by atoms with Crippen molar-refractivity contribution in [3.63, 3.8) is 0 Å². The van der Waals surface area contributed by atoms with E-state index < -0.39 is 0 Å². The van der Waals surface area contributed by atoms with Crippen LogP contribution in [0, 0.1) is 18.7 Å². The van der Waals surface area contributed by atoms with Crippen molar-refractivity contribution >= 4 is 11.8 Å². The molecule has 0 unspecified atom stereocenters. The Morgan fingerprint density at radius 3 is 2.59 bits per heavy atom. The molecule has 1 aromatic heterocycles. The van der Waals surface area contributed by atoms with Gasteiger partial charge in [-0.1, -0.05) is 30.3 Å². The molecule has 0 spiro atoms. The molecule has 2 fully saturated rings. The van der Waals surface area contributed by atoms with E-state index in [0.29, 0.717) is 48.0 Å². The number of carbonyl (C=O) groups excluding carboxylic acids is 2. The van der Waals surface area contributed by atoms with Crippen molar-refractivity contribution in [1.29, 1.82) is 0 Å². The van der Waals surface area contributed by atoms with E-state index in [0.717, 1.165) is 38.6 Å². The number of amides is 2. The fourth-order valence-corrected chi connectivity index (χ4v) is 5.24. The number of rotatable bonds is 5. The highest BCUT2D eigenvalue weighted by molar-refractivity contribution is 5.96. The lowest BCUT2D eigenvalue weighted by Crippen LogP contribution is -2.51. The summed E-state index contributed by atoms with van der Waals surface area (Å²) in [4.78, 5) is 30.0. The number of aryl methyl sites for hydroxylation is 2. The zero-order chi connectivity index (χ0) is 22.7. The Labute approximate surface area is 188 Å². The van der Waals surface area contributed by atoms with Gasteiger partial charge < -0.3 is 14.3 Å². The lowest BCUT2D eigenvalue weighted by Gasteiger charge is -2.43. The maximum atomic E-state index is 14.1. The summed E-state index contributed by atoms with van der Waals surface area (Å²) >= 11 is 0. The summed E-state index contributed by atoms with van der Waals surface area (Å²) in [5, 5.41) is 4.02. The SMILES string of the molecule is CCc1noc(C)c1C(=O)N1CCC([C@@H]2CCCCN2C(=O)Cc2ccccc2F)CC1. The lowest BCUT2D eigenvalue weighted by atomic mass is 9.83. The molecular formula is C25H32FN3O3. The van der Waals surface area contributed by atoms with Crippen molar-refractivity contribution in [3.05, 3.63) is 52.7 Å². The first kappa shape index (κ1) is 22.5. The molecule has 2 aliphatic heterocycles. The average molecular weight is 442 g/mol. The second-order valence-corrected chi connectivity index (χ2v) is 8.96. The molecule has 6 nitrogen and oxygen atoms in total. The van der Waals surface area contributed by atoms with Gasteiger partial charge in [0, 0.05) is 25.7 Å². The largest absolute Gasteiger partial charge is 0.361 e. The smallest absolute Gasteiger partial charge is 0.259 e. The quantitative estimate of drug-likeness (QED) is 0.699. The average Bonchev–Trinajstić information content (AvgIpc) is 3.20. The number of likely N-dealkylation sites (tertiary alicyclic amines) is 2. The summed E-state index contributed by atoms with van der Waals surface area (Å²) in [7, 11) is 0. The number of piperidine rings is 2. The summed E-state index contributed by atoms with van der Waals surface area (Å²) in [6.07, 6.45) is 5.57. The van der Waals surface area contributed by atoms with Crippen LogP contribution in [0.25, 0.3) is 0 Å². The van der Waals surface area contributed by atoms with Gasteiger partial charge in [-0.15, -0.1) is 0 Å². The van der Waals surface area contributed by atoms with E-state index in [1.807, 2.05) is 16.7 Å². The van der Waals surface area contributed by atoms with Gasteiger partial charge in [0.2, 0.25) is 5.91 Å². The molecule has 2 aliphatic rings. The number of hydrogen-bond donors (Lipinski definition) is 0. The van der Waals surface area contributed by atoms with Gasteiger partial charge in [-0.2, -0.15) is 0 Å². The minimum absolute atomic E-state index is 0.00446. The molecule has 3 heterocycles. The first-order chi connectivity index (χ1) is 15.5. The molecule has 0 N–H and O–H groups in total. The topological polar surface area (TPSA) is 66.7 Å². The zero-order valence-corrected chi connectivity index (χ0v) is 19.0. The summed E-state index contributed by atoms with van der Waals surface area (Å²) in [5.41, 5.74) is 1.77. The van der Waals surface area contributed by atoms with E-state index in [2.05, 4.69) is 5.16 Å². The number of aromatic nitrogens is 1. The predicted octanol–water partition coefficient (Wildman–Crippen LogP) is 4.16. The third-order valence-corrected chi connectivity index (χ3v) is 7.02. The highest BCUT2D eigenvalue weighted by Gasteiger charge is 2.36. The number of halogens is 1. The van der Waals surface area contributed by atoms with Crippen LogP contribution in [0.4, 0.5) is 4.39 Å². The van der Waals surface area contributed by atoms with Crippen molar-refractivity contribution in [1.82, 2.24) is 15.0 Å². The fraction of sp³-hybridized carbons (Fsp3) is 0.560. The Morgan fingerprint density at radius 2 is 1.88 bits per heavy atom. The number of nitrogens with zero attached hydrogens (tertiary/aromatic N) is 3. The van der Waals surface area contributed by atoms with Crippen LogP contribution in [0.5, 0.6) is 0 Å². The minimum Gasteiger partial charge on any atom is -0.361 e. The Hall–Kier alpha value is -2.70. The zero-order valence-electron chi connectivity index (χ0n) is 19.0. The van der Waals surface area contributed by atoms with Gasteiger partial charge in [-0.25, -0.2) is 4.39 Å². The summed E-state index contributed by atoms with van der Waals surface area (Å²) in [6, 6.07) is 6.68. The Kier molecular flexibility index (Phi) is 6.92.